The molecule has 6 heteroatoms. The van der Waals surface area contributed by atoms with Crippen LogP contribution in [0.5, 0.6) is 0 Å². The van der Waals surface area contributed by atoms with Crippen molar-refractivity contribution in [3.05, 3.63) is 29.3 Å². The monoisotopic (exact) mass is 343 g/mol. The number of hydrogen-bond acceptors (Lipinski definition) is 4. The summed E-state index contributed by atoms with van der Waals surface area (Å²) in [4.78, 5) is 30.5. The number of aromatic nitrogens is 1. The smallest absolute Gasteiger partial charge is 0.222 e. The van der Waals surface area contributed by atoms with Crippen molar-refractivity contribution in [2.24, 2.45) is 5.92 Å². The number of para-hydroxylation sites is 1. The van der Waals surface area contributed by atoms with Gasteiger partial charge in [-0.2, -0.15) is 0 Å². The first-order valence-electron chi connectivity index (χ1n) is 8.60. The summed E-state index contributed by atoms with van der Waals surface area (Å²) in [7, 11) is 0. The molecule has 1 aromatic heterocycles. The van der Waals surface area contributed by atoms with E-state index in [1.54, 1.807) is 11.3 Å². The minimum atomic E-state index is 0.134. The van der Waals surface area contributed by atoms with E-state index in [2.05, 4.69) is 16.4 Å². The maximum absolute atomic E-state index is 12.4. The zero-order valence-electron chi connectivity index (χ0n) is 13.5. The van der Waals surface area contributed by atoms with Crippen molar-refractivity contribution < 1.29 is 9.59 Å². The Hall–Kier alpha value is -1.95. The first-order chi connectivity index (χ1) is 11.7. The highest BCUT2D eigenvalue weighted by Gasteiger charge is 2.37. The Labute approximate surface area is 145 Å². The van der Waals surface area contributed by atoms with Crippen LogP contribution in [0.4, 0.5) is 0 Å². The SMILES string of the molecule is O=C1C[C@@H]2CN(C(=O)CCCc3nc4ccccc4s3)CC[C@@H]2N1. The summed E-state index contributed by atoms with van der Waals surface area (Å²) in [6.45, 7) is 1.49. The number of piperidine rings is 1. The predicted molar refractivity (Wildman–Crippen MR) is 93.8 cm³/mol. The molecule has 4 rings (SSSR count). The number of rotatable bonds is 4. The van der Waals surface area contributed by atoms with Crippen molar-refractivity contribution in [3.8, 4) is 0 Å². The van der Waals surface area contributed by atoms with Gasteiger partial charge in [0.15, 0.2) is 0 Å². The average Bonchev–Trinajstić information content (AvgIpc) is 3.15. The fraction of sp³-hybridized carbons (Fsp3) is 0.500. The number of carbonyl (C=O) groups excluding carboxylic acids is 2. The quantitative estimate of drug-likeness (QED) is 0.927. The van der Waals surface area contributed by atoms with Crippen LogP contribution in [0.3, 0.4) is 0 Å². The molecule has 0 aliphatic carbocycles. The first-order valence-corrected chi connectivity index (χ1v) is 9.42. The Morgan fingerprint density at radius 2 is 2.25 bits per heavy atom. The molecule has 0 unspecified atom stereocenters. The molecule has 2 amide bonds. The van der Waals surface area contributed by atoms with E-state index in [4.69, 9.17) is 0 Å². The van der Waals surface area contributed by atoms with Crippen LogP contribution < -0.4 is 5.32 Å². The molecule has 2 fully saturated rings. The fourth-order valence-electron chi connectivity index (χ4n) is 3.74. The number of aryl methyl sites for hydroxylation is 1. The second-order valence-corrected chi connectivity index (χ2v) is 7.81. The van der Waals surface area contributed by atoms with Gasteiger partial charge in [0.05, 0.1) is 15.2 Å². The molecule has 2 aromatic rings. The van der Waals surface area contributed by atoms with Gasteiger partial charge in [0.1, 0.15) is 0 Å². The van der Waals surface area contributed by atoms with Crippen molar-refractivity contribution in [2.45, 2.75) is 38.1 Å². The Morgan fingerprint density at radius 3 is 3.12 bits per heavy atom. The Balaban J connectivity index is 1.28. The molecular weight excluding hydrogens is 322 g/mol. The number of nitrogens with one attached hydrogen (secondary N) is 1. The van der Waals surface area contributed by atoms with Crippen LogP contribution in [0, 0.1) is 5.92 Å². The van der Waals surface area contributed by atoms with Crippen molar-refractivity contribution in [3.63, 3.8) is 0 Å². The number of likely N-dealkylation sites (tertiary alicyclic amines) is 1. The van der Waals surface area contributed by atoms with Crippen molar-refractivity contribution >= 4 is 33.4 Å². The largest absolute Gasteiger partial charge is 0.353 e. The molecule has 0 bridgehead atoms. The van der Waals surface area contributed by atoms with E-state index >= 15 is 0 Å². The lowest BCUT2D eigenvalue weighted by Crippen LogP contribution is -2.47. The number of nitrogens with zero attached hydrogens (tertiary/aromatic N) is 2. The lowest BCUT2D eigenvalue weighted by Gasteiger charge is -2.34. The topological polar surface area (TPSA) is 62.3 Å². The zero-order valence-corrected chi connectivity index (χ0v) is 14.3. The summed E-state index contributed by atoms with van der Waals surface area (Å²) < 4.78 is 1.21. The summed E-state index contributed by atoms with van der Waals surface area (Å²) in [6.07, 6.45) is 3.71. The summed E-state index contributed by atoms with van der Waals surface area (Å²) in [5.74, 6) is 0.656. The van der Waals surface area contributed by atoms with Crippen molar-refractivity contribution in [1.29, 1.82) is 0 Å². The molecule has 24 heavy (non-hydrogen) atoms. The molecule has 2 aliphatic rings. The fourth-order valence-corrected chi connectivity index (χ4v) is 4.74. The van der Waals surface area contributed by atoms with Gasteiger partial charge in [-0.25, -0.2) is 4.98 Å². The average molecular weight is 343 g/mol. The zero-order chi connectivity index (χ0) is 16.5. The van der Waals surface area contributed by atoms with Crippen LogP contribution in [0.2, 0.25) is 0 Å². The maximum atomic E-state index is 12.4. The molecule has 1 N–H and O–H groups in total. The summed E-state index contributed by atoms with van der Waals surface area (Å²) in [5.41, 5.74) is 1.05. The summed E-state index contributed by atoms with van der Waals surface area (Å²) in [5, 5.41) is 4.11. The van der Waals surface area contributed by atoms with Crippen LogP contribution >= 0.6 is 11.3 Å². The van der Waals surface area contributed by atoms with Crippen LogP contribution in [0.15, 0.2) is 24.3 Å². The van der Waals surface area contributed by atoms with Crippen LogP contribution in [-0.2, 0) is 16.0 Å². The van der Waals surface area contributed by atoms with E-state index in [-0.39, 0.29) is 17.9 Å². The van der Waals surface area contributed by atoms with E-state index in [1.165, 1.54) is 4.70 Å². The van der Waals surface area contributed by atoms with Gasteiger partial charge in [-0.15, -0.1) is 11.3 Å². The third kappa shape index (κ3) is 3.15. The number of thiazole rings is 1. The second kappa shape index (κ2) is 6.51. The molecule has 3 heterocycles. The third-order valence-corrected chi connectivity index (χ3v) is 6.10. The standard InChI is InChI=1S/C18H21N3O2S/c22-16-10-12-11-21(9-8-13(12)19-16)18(23)7-3-6-17-20-14-4-1-2-5-15(14)24-17/h1-2,4-5,12-13H,3,6-11H2,(H,19,22)/t12-,13+/m1/s1. The van der Waals surface area contributed by atoms with E-state index < -0.39 is 0 Å². The molecule has 0 spiro atoms. The number of amides is 2. The van der Waals surface area contributed by atoms with Gasteiger partial charge >= 0.3 is 0 Å². The lowest BCUT2D eigenvalue weighted by molar-refractivity contribution is -0.133. The van der Waals surface area contributed by atoms with E-state index in [9.17, 15) is 9.59 Å². The number of hydrogen-bond donors (Lipinski definition) is 1. The number of benzene rings is 1. The molecule has 2 aliphatic heterocycles. The molecule has 126 valence electrons. The van der Waals surface area contributed by atoms with E-state index in [0.29, 0.717) is 18.8 Å². The molecule has 1 aromatic carbocycles. The minimum Gasteiger partial charge on any atom is -0.353 e. The first kappa shape index (κ1) is 15.6. The lowest BCUT2D eigenvalue weighted by atomic mass is 9.93. The maximum Gasteiger partial charge on any atom is 0.222 e. The van der Waals surface area contributed by atoms with E-state index in [0.717, 1.165) is 42.9 Å². The van der Waals surface area contributed by atoms with Crippen LogP contribution in [-0.4, -0.2) is 40.8 Å². The number of carbonyl (C=O) groups is 2. The minimum absolute atomic E-state index is 0.134. The van der Waals surface area contributed by atoms with Crippen LogP contribution in [0.1, 0.15) is 30.7 Å². The number of fused-ring (bicyclic) bond motifs is 2. The Kier molecular flexibility index (Phi) is 4.22. The molecule has 0 saturated carbocycles. The van der Waals surface area contributed by atoms with Crippen molar-refractivity contribution in [1.82, 2.24) is 15.2 Å². The predicted octanol–water partition coefficient (Wildman–Crippen LogP) is 2.36. The molecule has 5 nitrogen and oxygen atoms in total. The van der Waals surface area contributed by atoms with Gasteiger partial charge in [0.25, 0.3) is 0 Å². The normalized spacial score (nSPS) is 23.3. The van der Waals surface area contributed by atoms with Gasteiger partial charge in [0.2, 0.25) is 11.8 Å². The summed E-state index contributed by atoms with van der Waals surface area (Å²) in [6, 6.07) is 8.43. The van der Waals surface area contributed by atoms with Gasteiger partial charge in [-0.3, -0.25) is 9.59 Å². The van der Waals surface area contributed by atoms with Crippen LogP contribution in [0.25, 0.3) is 10.2 Å². The highest BCUT2D eigenvalue weighted by Crippen LogP contribution is 2.26. The molecule has 2 atom stereocenters. The van der Waals surface area contributed by atoms with Gasteiger partial charge in [0, 0.05) is 37.9 Å². The van der Waals surface area contributed by atoms with Crippen molar-refractivity contribution in [2.75, 3.05) is 13.1 Å². The molecular formula is C18H21N3O2S. The highest BCUT2D eigenvalue weighted by atomic mass is 32.1. The highest BCUT2D eigenvalue weighted by molar-refractivity contribution is 7.18. The third-order valence-electron chi connectivity index (χ3n) is 5.00. The molecule has 0 radical (unpaired) electrons. The van der Waals surface area contributed by atoms with Gasteiger partial charge in [-0.1, -0.05) is 12.1 Å². The Morgan fingerprint density at radius 1 is 1.38 bits per heavy atom. The molecule has 2 saturated heterocycles. The van der Waals surface area contributed by atoms with Gasteiger partial charge < -0.3 is 10.2 Å². The summed E-state index contributed by atoms with van der Waals surface area (Å²) >= 11 is 1.72. The van der Waals surface area contributed by atoms with Gasteiger partial charge in [-0.05, 0) is 31.4 Å². The van der Waals surface area contributed by atoms with E-state index in [1.807, 2.05) is 23.1 Å². The second-order valence-electron chi connectivity index (χ2n) is 6.70. The Bertz CT molecular complexity index is 739.